The molecule has 2 atom stereocenters. The van der Waals surface area contributed by atoms with Crippen molar-refractivity contribution in [2.24, 2.45) is 0 Å². The fourth-order valence-corrected chi connectivity index (χ4v) is 2.11. The molecule has 2 rings (SSSR count). The second kappa shape index (κ2) is 3.52. The molecule has 1 heterocycles. The molecule has 0 radical (unpaired) electrons. The first-order valence-electron chi connectivity index (χ1n) is 4.27. The zero-order valence-corrected chi connectivity index (χ0v) is 8.98. The van der Waals surface area contributed by atoms with E-state index in [9.17, 15) is 0 Å². The number of hydrogen-bond donors (Lipinski definition) is 1. The van der Waals surface area contributed by atoms with Gasteiger partial charge in [-0.15, -0.1) is 0 Å². The smallest absolute Gasteiger partial charge is 0.0800 e. The predicted octanol–water partition coefficient (Wildman–Crippen LogP) is 3.40. The van der Waals surface area contributed by atoms with Crippen LogP contribution in [0.4, 0.5) is 0 Å². The lowest BCUT2D eigenvalue weighted by molar-refractivity contribution is 0.0542. The number of hydrogen-bond acceptors (Lipinski definition) is 2. The van der Waals surface area contributed by atoms with Gasteiger partial charge in [0, 0.05) is 5.02 Å². The van der Waals surface area contributed by atoms with Crippen molar-refractivity contribution in [1.29, 1.82) is 0 Å². The standard InChI is InChI=1S/C10H11ClOS/c1-6-8-3-2-7(11)4-9(8)10(13)5-12-6/h2-4,6,10,13H,5H2,1H3. The molecule has 1 aliphatic heterocycles. The molecule has 13 heavy (non-hydrogen) atoms. The maximum Gasteiger partial charge on any atom is 0.0800 e. The van der Waals surface area contributed by atoms with Crippen LogP contribution in [0.2, 0.25) is 5.02 Å². The Hall–Kier alpha value is -0.180. The van der Waals surface area contributed by atoms with Crippen molar-refractivity contribution in [3.05, 3.63) is 34.3 Å². The number of rotatable bonds is 0. The number of fused-ring (bicyclic) bond motifs is 1. The van der Waals surface area contributed by atoms with Gasteiger partial charge < -0.3 is 4.74 Å². The Labute approximate surface area is 88.5 Å². The van der Waals surface area contributed by atoms with E-state index in [1.54, 1.807) is 0 Å². The molecule has 0 spiro atoms. The second-order valence-corrected chi connectivity index (χ2v) is 4.32. The lowest BCUT2D eigenvalue weighted by atomic mass is 9.98. The highest BCUT2D eigenvalue weighted by Crippen LogP contribution is 2.36. The zero-order chi connectivity index (χ0) is 9.42. The number of ether oxygens (including phenoxy) is 1. The quantitative estimate of drug-likeness (QED) is 0.652. The minimum Gasteiger partial charge on any atom is -0.372 e. The van der Waals surface area contributed by atoms with Crippen molar-refractivity contribution in [2.75, 3.05) is 6.61 Å². The van der Waals surface area contributed by atoms with E-state index in [0.29, 0.717) is 6.61 Å². The highest BCUT2D eigenvalue weighted by atomic mass is 35.5. The summed E-state index contributed by atoms with van der Waals surface area (Å²) in [5.41, 5.74) is 2.41. The van der Waals surface area contributed by atoms with E-state index in [2.05, 4.69) is 12.6 Å². The molecule has 2 unspecified atom stereocenters. The van der Waals surface area contributed by atoms with E-state index in [1.807, 2.05) is 25.1 Å². The maximum absolute atomic E-state index is 5.91. The summed E-state index contributed by atoms with van der Waals surface area (Å²) in [4.78, 5) is 0. The molecule has 1 aromatic carbocycles. The fraction of sp³-hybridized carbons (Fsp3) is 0.400. The molecular formula is C10H11ClOS. The molecule has 0 bridgehead atoms. The highest BCUT2D eigenvalue weighted by molar-refractivity contribution is 7.80. The lowest BCUT2D eigenvalue weighted by Gasteiger charge is -2.27. The summed E-state index contributed by atoms with van der Waals surface area (Å²) in [6.07, 6.45) is 0.163. The van der Waals surface area contributed by atoms with Gasteiger partial charge in [-0.05, 0) is 30.2 Å². The number of halogens is 1. The van der Waals surface area contributed by atoms with Crippen molar-refractivity contribution in [3.8, 4) is 0 Å². The number of thiol groups is 1. The van der Waals surface area contributed by atoms with E-state index < -0.39 is 0 Å². The first kappa shape index (κ1) is 9.38. The molecule has 3 heteroatoms. The molecular weight excluding hydrogens is 204 g/mol. The maximum atomic E-state index is 5.91. The van der Waals surface area contributed by atoms with Gasteiger partial charge >= 0.3 is 0 Å². The Morgan fingerprint density at radius 3 is 3.00 bits per heavy atom. The topological polar surface area (TPSA) is 9.23 Å². The van der Waals surface area contributed by atoms with Crippen molar-refractivity contribution in [1.82, 2.24) is 0 Å². The van der Waals surface area contributed by atoms with Gasteiger partial charge in [-0.25, -0.2) is 0 Å². The Morgan fingerprint density at radius 1 is 1.46 bits per heavy atom. The third-order valence-corrected chi connectivity index (χ3v) is 3.01. The van der Waals surface area contributed by atoms with E-state index in [0.717, 1.165) is 5.02 Å². The summed E-state index contributed by atoms with van der Waals surface area (Å²) in [7, 11) is 0. The summed E-state index contributed by atoms with van der Waals surface area (Å²) in [5, 5.41) is 0.928. The van der Waals surface area contributed by atoms with E-state index in [4.69, 9.17) is 16.3 Å². The first-order valence-corrected chi connectivity index (χ1v) is 5.17. The van der Waals surface area contributed by atoms with Crippen molar-refractivity contribution in [2.45, 2.75) is 18.3 Å². The normalized spacial score (nSPS) is 27.0. The largest absolute Gasteiger partial charge is 0.372 e. The van der Waals surface area contributed by atoms with Crippen LogP contribution >= 0.6 is 24.2 Å². The summed E-state index contributed by atoms with van der Waals surface area (Å²) in [6, 6.07) is 5.89. The predicted molar refractivity (Wildman–Crippen MR) is 57.5 cm³/mol. The van der Waals surface area contributed by atoms with Crippen LogP contribution in [0, 0.1) is 0 Å². The van der Waals surface area contributed by atoms with Gasteiger partial charge in [-0.1, -0.05) is 17.7 Å². The van der Waals surface area contributed by atoms with Gasteiger partial charge in [-0.3, -0.25) is 0 Å². The SMILES string of the molecule is CC1OCC(S)c2cc(Cl)ccc21. The number of benzene rings is 1. The van der Waals surface area contributed by atoms with Gasteiger partial charge in [-0.2, -0.15) is 12.6 Å². The molecule has 0 aliphatic carbocycles. The summed E-state index contributed by atoms with van der Waals surface area (Å²) in [5.74, 6) is 0. The molecule has 0 N–H and O–H groups in total. The van der Waals surface area contributed by atoms with Crippen LogP contribution in [-0.2, 0) is 4.74 Å². The summed E-state index contributed by atoms with van der Waals surface area (Å²) >= 11 is 10.4. The minimum absolute atomic E-state index is 0.157. The average molecular weight is 215 g/mol. The van der Waals surface area contributed by atoms with Gasteiger partial charge in [0.2, 0.25) is 0 Å². The Balaban J connectivity index is 2.50. The highest BCUT2D eigenvalue weighted by Gasteiger charge is 2.22. The molecule has 70 valence electrons. The third-order valence-electron chi connectivity index (χ3n) is 2.35. The monoisotopic (exact) mass is 214 g/mol. The van der Waals surface area contributed by atoms with Crippen molar-refractivity contribution >= 4 is 24.2 Å². The second-order valence-electron chi connectivity index (χ2n) is 3.26. The van der Waals surface area contributed by atoms with Crippen LogP contribution in [0.5, 0.6) is 0 Å². The van der Waals surface area contributed by atoms with Crippen molar-refractivity contribution in [3.63, 3.8) is 0 Å². The molecule has 0 aromatic heterocycles. The van der Waals surface area contributed by atoms with E-state index >= 15 is 0 Å². The van der Waals surface area contributed by atoms with Gasteiger partial charge in [0.1, 0.15) is 0 Å². The third kappa shape index (κ3) is 1.71. The fourth-order valence-electron chi connectivity index (χ4n) is 1.62. The summed E-state index contributed by atoms with van der Waals surface area (Å²) < 4.78 is 5.54. The zero-order valence-electron chi connectivity index (χ0n) is 7.33. The van der Waals surface area contributed by atoms with Crippen LogP contribution < -0.4 is 0 Å². The molecule has 0 saturated heterocycles. The lowest BCUT2D eigenvalue weighted by Crippen LogP contribution is -2.16. The Bertz CT molecular complexity index is 327. The van der Waals surface area contributed by atoms with E-state index in [-0.39, 0.29) is 11.4 Å². The molecule has 0 amide bonds. The van der Waals surface area contributed by atoms with Crippen LogP contribution in [0.1, 0.15) is 29.4 Å². The average Bonchev–Trinajstić information content (AvgIpc) is 2.12. The molecule has 1 aliphatic rings. The van der Waals surface area contributed by atoms with E-state index in [1.165, 1.54) is 11.1 Å². The van der Waals surface area contributed by atoms with Crippen molar-refractivity contribution < 1.29 is 4.74 Å². The van der Waals surface area contributed by atoms with Gasteiger partial charge in [0.05, 0.1) is 18.0 Å². The summed E-state index contributed by atoms with van der Waals surface area (Å²) in [6.45, 7) is 2.71. The Morgan fingerprint density at radius 2 is 2.23 bits per heavy atom. The van der Waals surface area contributed by atoms with Crippen LogP contribution in [0.15, 0.2) is 18.2 Å². The van der Waals surface area contributed by atoms with Crippen LogP contribution in [-0.4, -0.2) is 6.61 Å². The van der Waals surface area contributed by atoms with Crippen LogP contribution in [0.3, 0.4) is 0 Å². The molecule has 0 fully saturated rings. The Kier molecular flexibility index (Phi) is 2.54. The minimum atomic E-state index is 0.157. The molecule has 1 aromatic rings. The molecule has 0 saturated carbocycles. The first-order chi connectivity index (χ1) is 6.18. The molecule has 1 nitrogen and oxygen atoms in total. The van der Waals surface area contributed by atoms with Crippen LogP contribution in [0.25, 0.3) is 0 Å². The van der Waals surface area contributed by atoms with Gasteiger partial charge in [0.15, 0.2) is 0 Å². The van der Waals surface area contributed by atoms with Gasteiger partial charge in [0.25, 0.3) is 0 Å².